The number of aryl methyl sites for hydroxylation is 1. The van der Waals surface area contributed by atoms with Gasteiger partial charge >= 0.3 is 0 Å². The minimum absolute atomic E-state index is 0.00337. The molecule has 0 aliphatic carbocycles. The van der Waals surface area contributed by atoms with Crippen LogP contribution in [0.1, 0.15) is 28.0 Å². The maximum Gasteiger partial charge on any atom is 0.261 e. The van der Waals surface area contributed by atoms with Crippen molar-refractivity contribution in [3.8, 4) is 0 Å². The summed E-state index contributed by atoms with van der Waals surface area (Å²) in [6.07, 6.45) is 3.01. The highest BCUT2D eigenvalue weighted by Crippen LogP contribution is 2.16. The van der Waals surface area contributed by atoms with Gasteiger partial charge in [0.2, 0.25) is 0 Å². The van der Waals surface area contributed by atoms with Gasteiger partial charge in [-0.3, -0.25) is 9.89 Å². The van der Waals surface area contributed by atoms with Gasteiger partial charge in [-0.1, -0.05) is 6.92 Å². The maximum atomic E-state index is 11.9. The molecule has 90 valence electrons. The molecule has 5 nitrogen and oxygen atoms in total. The fourth-order valence-corrected chi connectivity index (χ4v) is 2.45. The number of thiophene rings is 1. The molecule has 0 unspecified atom stereocenters. The summed E-state index contributed by atoms with van der Waals surface area (Å²) in [5.74, 6) is 0.781. The highest BCUT2D eigenvalue weighted by Gasteiger charge is 2.11. The summed E-state index contributed by atoms with van der Waals surface area (Å²) in [6, 6.07) is 2.00. The van der Waals surface area contributed by atoms with Crippen LogP contribution in [0.25, 0.3) is 0 Å². The van der Waals surface area contributed by atoms with Crippen LogP contribution in [0, 0.1) is 0 Å². The Kier molecular flexibility index (Phi) is 3.87. The number of H-pyrrole nitrogens is 1. The fourth-order valence-electron chi connectivity index (χ4n) is 1.54. The number of aromatic amines is 1. The number of hydrogen-bond acceptors (Lipinski definition) is 4. The summed E-state index contributed by atoms with van der Waals surface area (Å²) < 4.78 is 0. The molecule has 2 heterocycles. The van der Waals surface area contributed by atoms with Crippen molar-refractivity contribution in [2.24, 2.45) is 0 Å². The highest BCUT2D eigenvalue weighted by molar-refractivity contribution is 7.12. The average molecular weight is 250 g/mol. The molecule has 0 aliphatic heterocycles. The van der Waals surface area contributed by atoms with Gasteiger partial charge in [0.05, 0.1) is 4.88 Å². The molecule has 2 aromatic rings. The zero-order chi connectivity index (χ0) is 12.1. The van der Waals surface area contributed by atoms with E-state index in [9.17, 15) is 4.79 Å². The number of amides is 1. The van der Waals surface area contributed by atoms with Crippen LogP contribution in [-0.4, -0.2) is 27.6 Å². The Morgan fingerprint density at radius 2 is 2.47 bits per heavy atom. The average Bonchev–Trinajstić information content (AvgIpc) is 2.99. The Morgan fingerprint density at radius 3 is 3.18 bits per heavy atom. The van der Waals surface area contributed by atoms with Crippen LogP contribution in [0.2, 0.25) is 0 Å². The first-order chi connectivity index (χ1) is 8.31. The topological polar surface area (TPSA) is 70.7 Å². The summed E-state index contributed by atoms with van der Waals surface area (Å²) in [5, 5.41) is 11.3. The summed E-state index contributed by atoms with van der Waals surface area (Å²) in [4.78, 5) is 16.7. The lowest BCUT2D eigenvalue weighted by molar-refractivity contribution is 0.0957. The van der Waals surface area contributed by atoms with E-state index in [0.29, 0.717) is 13.0 Å². The second-order valence-electron chi connectivity index (χ2n) is 3.57. The minimum Gasteiger partial charge on any atom is -0.351 e. The van der Waals surface area contributed by atoms with Crippen LogP contribution in [0.4, 0.5) is 0 Å². The Morgan fingerprint density at radius 1 is 1.59 bits per heavy atom. The third kappa shape index (κ3) is 2.91. The largest absolute Gasteiger partial charge is 0.351 e. The van der Waals surface area contributed by atoms with Crippen molar-refractivity contribution in [1.82, 2.24) is 20.5 Å². The van der Waals surface area contributed by atoms with E-state index in [-0.39, 0.29) is 5.91 Å². The Bertz CT molecular complexity index is 477. The molecule has 0 atom stereocenters. The summed E-state index contributed by atoms with van der Waals surface area (Å²) in [6.45, 7) is 2.61. The molecule has 0 saturated heterocycles. The molecule has 6 heteroatoms. The van der Waals surface area contributed by atoms with Gasteiger partial charge < -0.3 is 5.32 Å². The highest BCUT2D eigenvalue weighted by atomic mass is 32.1. The molecule has 1 amide bonds. The van der Waals surface area contributed by atoms with Crippen LogP contribution in [0.5, 0.6) is 0 Å². The molecule has 0 saturated carbocycles. The molecule has 0 bridgehead atoms. The summed E-state index contributed by atoms with van der Waals surface area (Å²) >= 11 is 1.48. The van der Waals surface area contributed by atoms with Gasteiger partial charge in [-0.2, -0.15) is 5.10 Å². The quantitative estimate of drug-likeness (QED) is 0.842. The van der Waals surface area contributed by atoms with E-state index in [1.165, 1.54) is 17.7 Å². The second kappa shape index (κ2) is 5.58. The Balaban J connectivity index is 1.85. The Labute approximate surface area is 103 Å². The monoisotopic (exact) mass is 250 g/mol. The van der Waals surface area contributed by atoms with Crippen LogP contribution < -0.4 is 5.32 Å². The van der Waals surface area contributed by atoms with Gasteiger partial charge in [-0.15, -0.1) is 11.3 Å². The van der Waals surface area contributed by atoms with Crippen LogP contribution in [0.15, 0.2) is 17.8 Å². The van der Waals surface area contributed by atoms with E-state index in [0.717, 1.165) is 22.7 Å². The predicted molar refractivity (Wildman–Crippen MR) is 66.1 cm³/mol. The lowest BCUT2D eigenvalue weighted by atomic mass is 10.2. The zero-order valence-electron chi connectivity index (χ0n) is 9.56. The molecule has 0 aliphatic rings. The van der Waals surface area contributed by atoms with Crippen molar-refractivity contribution in [3.05, 3.63) is 34.0 Å². The number of hydrogen-bond donors (Lipinski definition) is 2. The Hall–Kier alpha value is -1.69. The number of nitrogens with zero attached hydrogens (tertiary/aromatic N) is 2. The number of rotatable bonds is 5. The van der Waals surface area contributed by atoms with E-state index in [4.69, 9.17) is 0 Å². The van der Waals surface area contributed by atoms with Crippen LogP contribution in [-0.2, 0) is 12.8 Å². The standard InChI is InChI=1S/C11H14N4OS/c1-2-8-4-6-17-10(8)11(16)12-5-3-9-13-7-14-15-9/h4,6-7H,2-3,5H2,1H3,(H,12,16)(H,13,14,15). The van der Waals surface area contributed by atoms with Crippen molar-refractivity contribution in [1.29, 1.82) is 0 Å². The summed E-state index contributed by atoms with van der Waals surface area (Å²) in [7, 11) is 0. The molecule has 0 spiro atoms. The normalized spacial score (nSPS) is 10.4. The first-order valence-electron chi connectivity index (χ1n) is 5.50. The van der Waals surface area contributed by atoms with Gasteiger partial charge in [0.1, 0.15) is 12.2 Å². The smallest absolute Gasteiger partial charge is 0.261 e. The van der Waals surface area contributed by atoms with Crippen molar-refractivity contribution < 1.29 is 4.79 Å². The molecule has 0 aromatic carbocycles. The van der Waals surface area contributed by atoms with E-state index < -0.39 is 0 Å². The van der Waals surface area contributed by atoms with Crippen LogP contribution >= 0.6 is 11.3 Å². The third-order valence-corrected chi connectivity index (χ3v) is 3.40. The van der Waals surface area contributed by atoms with E-state index in [1.54, 1.807) is 0 Å². The van der Waals surface area contributed by atoms with Crippen molar-refractivity contribution in [2.75, 3.05) is 6.54 Å². The van der Waals surface area contributed by atoms with Gasteiger partial charge in [-0.25, -0.2) is 4.98 Å². The molecule has 17 heavy (non-hydrogen) atoms. The lowest BCUT2D eigenvalue weighted by Crippen LogP contribution is -2.25. The molecule has 0 fully saturated rings. The maximum absolute atomic E-state index is 11.9. The number of aromatic nitrogens is 3. The number of nitrogens with one attached hydrogen (secondary N) is 2. The van der Waals surface area contributed by atoms with Crippen molar-refractivity contribution >= 4 is 17.2 Å². The van der Waals surface area contributed by atoms with E-state index in [2.05, 4.69) is 20.5 Å². The molecule has 2 N–H and O–H groups in total. The lowest BCUT2D eigenvalue weighted by Gasteiger charge is -2.03. The fraction of sp³-hybridized carbons (Fsp3) is 0.364. The first-order valence-corrected chi connectivity index (χ1v) is 6.38. The zero-order valence-corrected chi connectivity index (χ0v) is 10.4. The van der Waals surface area contributed by atoms with E-state index in [1.807, 2.05) is 18.4 Å². The van der Waals surface area contributed by atoms with Gasteiger partial charge in [0.25, 0.3) is 5.91 Å². The van der Waals surface area contributed by atoms with Crippen molar-refractivity contribution in [2.45, 2.75) is 19.8 Å². The summed E-state index contributed by atoms with van der Waals surface area (Å²) in [5.41, 5.74) is 1.10. The van der Waals surface area contributed by atoms with Crippen molar-refractivity contribution in [3.63, 3.8) is 0 Å². The van der Waals surface area contributed by atoms with Gasteiger partial charge in [0.15, 0.2) is 0 Å². The van der Waals surface area contributed by atoms with Crippen LogP contribution in [0.3, 0.4) is 0 Å². The molecular weight excluding hydrogens is 236 g/mol. The first kappa shape index (κ1) is 11.8. The minimum atomic E-state index is -0.00337. The molecular formula is C11H14N4OS. The third-order valence-electron chi connectivity index (χ3n) is 2.45. The molecule has 2 rings (SSSR count). The molecule has 2 aromatic heterocycles. The predicted octanol–water partition coefficient (Wildman–Crippen LogP) is 1.40. The molecule has 0 radical (unpaired) electrons. The second-order valence-corrected chi connectivity index (χ2v) is 4.48. The van der Waals surface area contributed by atoms with E-state index >= 15 is 0 Å². The number of carbonyl (C=O) groups is 1. The van der Waals surface area contributed by atoms with Gasteiger partial charge in [-0.05, 0) is 23.4 Å². The van der Waals surface area contributed by atoms with Gasteiger partial charge in [0, 0.05) is 13.0 Å². The SMILES string of the molecule is CCc1ccsc1C(=O)NCCc1ncn[nH]1. The number of carbonyl (C=O) groups excluding carboxylic acids is 1.